The second-order valence-corrected chi connectivity index (χ2v) is 6.25. The normalized spacial score (nSPS) is 11.9. The van der Waals surface area contributed by atoms with Gasteiger partial charge in [-0.1, -0.05) is 30.3 Å². The first-order valence-electron chi connectivity index (χ1n) is 8.68. The third kappa shape index (κ3) is 5.49. The first-order chi connectivity index (χ1) is 12.7. The van der Waals surface area contributed by atoms with Crippen LogP contribution >= 0.6 is 12.4 Å². The van der Waals surface area contributed by atoms with Crippen LogP contribution in [-0.4, -0.2) is 19.6 Å². The van der Waals surface area contributed by atoms with Crippen molar-refractivity contribution >= 4 is 18.3 Å². The molecule has 2 aromatic carbocycles. The van der Waals surface area contributed by atoms with E-state index in [0.29, 0.717) is 18.0 Å². The lowest BCUT2D eigenvalue weighted by atomic mass is 10.1. The number of benzene rings is 2. The van der Waals surface area contributed by atoms with E-state index in [4.69, 9.17) is 9.47 Å². The van der Waals surface area contributed by atoms with E-state index in [2.05, 4.69) is 29.3 Å². The number of carbonyl (C=O) groups excluding carboxylic acids is 1. The average Bonchev–Trinajstić information content (AvgIpc) is 3.13. The van der Waals surface area contributed by atoms with Crippen LogP contribution in [0.1, 0.15) is 22.3 Å². The van der Waals surface area contributed by atoms with Crippen molar-refractivity contribution in [2.45, 2.75) is 26.1 Å². The molecule has 0 saturated heterocycles. The van der Waals surface area contributed by atoms with Gasteiger partial charge in [-0.25, -0.2) is 0 Å². The summed E-state index contributed by atoms with van der Waals surface area (Å²) >= 11 is 0. The Morgan fingerprint density at radius 1 is 1.15 bits per heavy atom. The summed E-state index contributed by atoms with van der Waals surface area (Å²) in [6, 6.07) is 12.0. The van der Waals surface area contributed by atoms with Crippen LogP contribution in [0.25, 0.3) is 0 Å². The van der Waals surface area contributed by atoms with Gasteiger partial charge < -0.3 is 20.1 Å². The highest BCUT2D eigenvalue weighted by Gasteiger charge is 2.11. The van der Waals surface area contributed by atoms with Gasteiger partial charge in [-0.3, -0.25) is 4.79 Å². The molecule has 0 atom stereocenters. The number of allylic oxidation sites excluding steroid dienone is 1. The van der Waals surface area contributed by atoms with E-state index >= 15 is 0 Å². The number of ether oxygens (including phenoxy) is 2. The molecule has 144 valence electrons. The minimum Gasteiger partial charge on any atom is -0.493 e. The first-order valence-corrected chi connectivity index (χ1v) is 8.68. The summed E-state index contributed by atoms with van der Waals surface area (Å²) in [5, 5.41) is 6.21. The van der Waals surface area contributed by atoms with Gasteiger partial charge in [0.2, 0.25) is 0 Å². The Morgan fingerprint density at radius 3 is 2.70 bits per heavy atom. The number of fused-ring (bicyclic) bond motifs is 1. The number of nitrogens with one attached hydrogen (secondary N) is 2. The number of halogens is 1. The van der Waals surface area contributed by atoms with E-state index in [-0.39, 0.29) is 24.9 Å². The summed E-state index contributed by atoms with van der Waals surface area (Å²) in [5.41, 5.74) is 4.81. The number of amides is 1. The molecule has 0 bridgehead atoms. The van der Waals surface area contributed by atoms with Crippen LogP contribution < -0.4 is 20.1 Å². The maximum absolute atomic E-state index is 12.1. The summed E-state index contributed by atoms with van der Waals surface area (Å²) in [4.78, 5) is 12.1. The fraction of sp³-hybridized carbons (Fsp3) is 0.286. The lowest BCUT2D eigenvalue weighted by molar-refractivity contribution is -0.123. The molecule has 2 N–H and O–H groups in total. The van der Waals surface area contributed by atoms with Crippen LogP contribution in [0, 0.1) is 0 Å². The van der Waals surface area contributed by atoms with E-state index in [1.54, 1.807) is 7.11 Å². The van der Waals surface area contributed by atoms with Crippen LogP contribution in [-0.2, 0) is 30.8 Å². The molecular weight excluding hydrogens is 364 g/mol. The summed E-state index contributed by atoms with van der Waals surface area (Å²) < 4.78 is 11.0. The number of rotatable bonds is 8. The van der Waals surface area contributed by atoms with Gasteiger partial charge in [0.25, 0.3) is 5.91 Å². The van der Waals surface area contributed by atoms with E-state index in [0.717, 1.165) is 30.6 Å². The molecule has 6 heteroatoms. The van der Waals surface area contributed by atoms with Gasteiger partial charge in [0.15, 0.2) is 18.1 Å². The number of hydrogen-bond acceptors (Lipinski definition) is 4. The van der Waals surface area contributed by atoms with Crippen molar-refractivity contribution in [2.75, 3.05) is 13.7 Å². The molecule has 2 aromatic rings. The second-order valence-electron chi connectivity index (χ2n) is 6.25. The Balaban J connectivity index is 0.00000261. The fourth-order valence-electron chi connectivity index (χ4n) is 2.98. The summed E-state index contributed by atoms with van der Waals surface area (Å²) in [6.45, 7) is 5.98. The van der Waals surface area contributed by atoms with E-state index < -0.39 is 0 Å². The van der Waals surface area contributed by atoms with Crippen LogP contribution in [0.4, 0.5) is 0 Å². The highest BCUT2D eigenvalue weighted by atomic mass is 35.5. The molecule has 1 aliphatic heterocycles. The zero-order valence-electron chi connectivity index (χ0n) is 15.4. The maximum atomic E-state index is 12.1. The van der Waals surface area contributed by atoms with Gasteiger partial charge in [-0.15, -0.1) is 19.0 Å². The van der Waals surface area contributed by atoms with Crippen molar-refractivity contribution in [3.8, 4) is 11.5 Å². The number of hydrogen-bond donors (Lipinski definition) is 2. The molecule has 1 amide bonds. The average molecular weight is 389 g/mol. The molecule has 5 nitrogen and oxygen atoms in total. The zero-order valence-corrected chi connectivity index (χ0v) is 16.2. The standard InChI is InChI=1S/C21H24N2O3.ClH/c1-3-4-15-6-8-19(20(10-15)25-2)26-14-21(24)23-11-16-5-7-17-12-22-13-18(17)9-16;/h3,5-10,22H,1,4,11-14H2,2H3,(H,23,24);1H. The molecular formula is C21H25ClN2O3. The Kier molecular flexibility index (Phi) is 7.70. The molecule has 27 heavy (non-hydrogen) atoms. The zero-order chi connectivity index (χ0) is 18.4. The second kappa shape index (κ2) is 10.00. The highest BCUT2D eigenvalue weighted by molar-refractivity contribution is 5.85. The van der Waals surface area contributed by atoms with Crippen molar-refractivity contribution < 1.29 is 14.3 Å². The largest absolute Gasteiger partial charge is 0.493 e. The predicted molar refractivity (Wildman–Crippen MR) is 108 cm³/mol. The lowest BCUT2D eigenvalue weighted by Gasteiger charge is -2.12. The van der Waals surface area contributed by atoms with Gasteiger partial charge in [-0.2, -0.15) is 0 Å². The van der Waals surface area contributed by atoms with Crippen molar-refractivity contribution in [1.82, 2.24) is 10.6 Å². The molecule has 0 aliphatic carbocycles. The molecule has 0 radical (unpaired) electrons. The Morgan fingerprint density at radius 2 is 1.93 bits per heavy atom. The third-order valence-electron chi connectivity index (χ3n) is 4.36. The van der Waals surface area contributed by atoms with E-state index in [1.807, 2.05) is 30.3 Å². The van der Waals surface area contributed by atoms with Crippen molar-refractivity contribution in [3.63, 3.8) is 0 Å². The molecule has 3 rings (SSSR count). The van der Waals surface area contributed by atoms with Gasteiger partial charge in [0, 0.05) is 19.6 Å². The Bertz CT molecular complexity index is 808. The Hall–Kier alpha value is -2.50. The van der Waals surface area contributed by atoms with Crippen LogP contribution in [0.15, 0.2) is 49.1 Å². The van der Waals surface area contributed by atoms with Gasteiger partial charge in [0.05, 0.1) is 7.11 Å². The third-order valence-corrected chi connectivity index (χ3v) is 4.36. The lowest BCUT2D eigenvalue weighted by Crippen LogP contribution is -2.28. The SMILES string of the molecule is C=CCc1ccc(OCC(=O)NCc2ccc3c(c2)CNC3)c(OC)c1.Cl. The van der Waals surface area contributed by atoms with Gasteiger partial charge in [0.1, 0.15) is 0 Å². The van der Waals surface area contributed by atoms with Crippen LogP contribution in [0.2, 0.25) is 0 Å². The predicted octanol–water partition coefficient (Wildman–Crippen LogP) is 3.14. The molecule has 0 saturated carbocycles. The van der Waals surface area contributed by atoms with Gasteiger partial charge in [-0.05, 0) is 40.8 Å². The van der Waals surface area contributed by atoms with E-state index in [1.165, 1.54) is 11.1 Å². The Labute approximate surface area is 166 Å². The maximum Gasteiger partial charge on any atom is 0.258 e. The molecule has 0 fully saturated rings. The van der Waals surface area contributed by atoms with Crippen molar-refractivity contribution in [3.05, 3.63) is 71.3 Å². The van der Waals surface area contributed by atoms with Gasteiger partial charge >= 0.3 is 0 Å². The van der Waals surface area contributed by atoms with Crippen molar-refractivity contribution in [2.24, 2.45) is 0 Å². The van der Waals surface area contributed by atoms with E-state index in [9.17, 15) is 4.79 Å². The summed E-state index contributed by atoms with van der Waals surface area (Å²) in [7, 11) is 1.59. The topological polar surface area (TPSA) is 59.6 Å². The highest BCUT2D eigenvalue weighted by Crippen LogP contribution is 2.28. The monoisotopic (exact) mass is 388 g/mol. The number of methoxy groups -OCH3 is 1. The molecule has 0 spiro atoms. The van der Waals surface area contributed by atoms with Crippen LogP contribution in [0.3, 0.4) is 0 Å². The molecule has 1 heterocycles. The quantitative estimate of drug-likeness (QED) is 0.682. The smallest absolute Gasteiger partial charge is 0.258 e. The fourth-order valence-corrected chi connectivity index (χ4v) is 2.98. The van der Waals surface area contributed by atoms with Crippen LogP contribution in [0.5, 0.6) is 11.5 Å². The molecule has 1 aliphatic rings. The summed E-state index contributed by atoms with van der Waals surface area (Å²) in [5.74, 6) is 1.00. The first kappa shape index (κ1) is 20.8. The molecule has 0 unspecified atom stereocenters. The minimum absolute atomic E-state index is 0. The minimum atomic E-state index is -0.166. The molecule has 0 aromatic heterocycles. The number of carbonyl (C=O) groups is 1. The van der Waals surface area contributed by atoms with Crippen molar-refractivity contribution in [1.29, 1.82) is 0 Å². The summed E-state index contributed by atoms with van der Waals surface area (Å²) in [6.07, 6.45) is 2.59.